The van der Waals surface area contributed by atoms with Gasteiger partial charge in [0.2, 0.25) is 11.8 Å². The molecule has 0 radical (unpaired) electrons. The smallest absolute Gasteiger partial charge is 0.222 e. The molecule has 0 saturated carbocycles. The Balaban J connectivity index is 3.12. The summed E-state index contributed by atoms with van der Waals surface area (Å²) < 4.78 is 4.80. The van der Waals surface area contributed by atoms with Crippen LogP contribution in [-0.2, 0) is 14.3 Å². The van der Waals surface area contributed by atoms with Crippen LogP contribution in [-0.4, -0.2) is 32.1 Å². The molecule has 100 valence electrons. The average molecular weight is 244 g/mol. The van der Waals surface area contributed by atoms with Crippen molar-refractivity contribution in [3.05, 3.63) is 0 Å². The molecule has 17 heavy (non-hydrogen) atoms. The lowest BCUT2D eigenvalue weighted by Crippen LogP contribution is -2.25. The van der Waals surface area contributed by atoms with Crippen molar-refractivity contribution in [3.8, 4) is 0 Å². The van der Waals surface area contributed by atoms with Gasteiger partial charge in [-0.25, -0.2) is 0 Å². The maximum atomic E-state index is 11.2. The Kier molecular flexibility index (Phi) is 10.7. The molecular weight excluding hydrogens is 220 g/mol. The highest BCUT2D eigenvalue weighted by Crippen LogP contribution is 2.04. The first-order chi connectivity index (χ1) is 8.16. The van der Waals surface area contributed by atoms with Crippen LogP contribution in [0, 0.1) is 0 Å². The van der Waals surface area contributed by atoms with Gasteiger partial charge in [-0.15, -0.1) is 0 Å². The van der Waals surface area contributed by atoms with Crippen LogP contribution >= 0.6 is 0 Å². The van der Waals surface area contributed by atoms with E-state index in [4.69, 9.17) is 10.5 Å². The van der Waals surface area contributed by atoms with Crippen molar-refractivity contribution in [1.82, 2.24) is 5.32 Å². The topological polar surface area (TPSA) is 81.4 Å². The summed E-state index contributed by atoms with van der Waals surface area (Å²) in [6.45, 7) is 1.19. The van der Waals surface area contributed by atoms with E-state index < -0.39 is 0 Å². The quantitative estimate of drug-likeness (QED) is 0.531. The third kappa shape index (κ3) is 12.8. The van der Waals surface area contributed by atoms with Crippen LogP contribution in [0.5, 0.6) is 0 Å². The van der Waals surface area contributed by atoms with Crippen molar-refractivity contribution in [2.45, 2.75) is 44.9 Å². The third-order valence-corrected chi connectivity index (χ3v) is 2.46. The molecule has 3 N–H and O–H groups in total. The van der Waals surface area contributed by atoms with E-state index in [0.29, 0.717) is 19.4 Å². The van der Waals surface area contributed by atoms with E-state index in [9.17, 15) is 9.59 Å². The van der Waals surface area contributed by atoms with E-state index in [-0.39, 0.29) is 11.8 Å². The summed E-state index contributed by atoms with van der Waals surface area (Å²) in [5.74, 6) is -0.184. The molecule has 0 rings (SSSR count). The monoisotopic (exact) mass is 244 g/mol. The number of amides is 2. The summed E-state index contributed by atoms with van der Waals surface area (Å²) in [5.41, 5.74) is 5.03. The van der Waals surface area contributed by atoms with Gasteiger partial charge in [-0.3, -0.25) is 9.59 Å². The zero-order chi connectivity index (χ0) is 12.9. The normalized spacial score (nSPS) is 10.2. The lowest BCUT2D eigenvalue weighted by atomic mass is 10.1. The molecule has 0 heterocycles. The van der Waals surface area contributed by atoms with E-state index in [1.54, 1.807) is 7.11 Å². The number of nitrogens with one attached hydrogen (secondary N) is 1. The number of hydrogen-bond donors (Lipinski definition) is 2. The highest BCUT2D eigenvalue weighted by molar-refractivity contribution is 5.75. The maximum Gasteiger partial charge on any atom is 0.222 e. The fourth-order valence-electron chi connectivity index (χ4n) is 1.47. The summed E-state index contributed by atoms with van der Waals surface area (Å²) in [6, 6.07) is 0. The lowest BCUT2D eigenvalue weighted by molar-refractivity contribution is -0.122. The number of ether oxygens (including phenoxy) is 1. The molecule has 0 aliphatic rings. The number of nitrogens with two attached hydrogens (primary N) is 1. The molecule has 0 fully saturated rings. The summed E-state index contributed by atoms with van der Waals surface area (Å²) in [6.07, 6.45) is 5.94. The maximum absolute atomic E-state index is 11.2. The van der Waals surface area contributed by atoms with Gasteiger partial charge in [-0.1, -0.05) is 19.3 Å². The molecule has 0 bridgehead atoms. The first-order valence-corrected chi connectivity index (χ1v) is 6.20. The zero-order valence-electron chi connectivity index (χ0n) is 10.7. The second kappa shape index (κ2) is 11.4. The van der Waals surface area contributed by atoms with Crippen molar-refractivity contribution >= 4 is 11.8 Å². The minimum absolute atomic E-state index is 0.0422. The van der Waals surface area contributed by atoms with Gasteiger partial charge in [-0.2, -0.15) is 0 Å². The lowest BCUT2D eigenvalue weighted by Gasteiger charge is -2.04. The second-order valence-electron chi connectivity index (χ2n) is 4.08. The standard InChI is InChI=1S/C12H24N2O3/c1-17-10-8-12(16)14-9-6-4-2-3-5-7-11(13)15/h2-10H2,1H3,(H2,13,15)(H,14,16). The zero-order valence-corrected chi connectivity index (χ0v) is 10.7. The minimum atomic E-state index is -0.226. The molecule has 5 heteroatoms. The van der Waals surface area contributed by atoms with E-state index in [0.717, 1.165) is 38.6 Å². The number of carbonyl (C=O) groups is 2. The fourth-order valence-corrected chi connectivity index (χ4v) is 1.47. The molecule has 0 spiro atoms. The van der Waals surface area contributed by atoms with E-state index in [1.165, 1.54) is 0 Å². The van der Waals surface area contributed by atoms with Crippen molar-refractivity contribution < 1.29 is 14.3 Å². The number of carbonyl (C=O) groups excluding carboxylic acids is 2. The van der Waals surface area contributed by atoms with Crippen LogP contribution in [0.25, 0.3) is 0 Å². The van der Waals surface area contributed by atoms with Gasteiger partial charge in [-0.05, 0) is 12.8 Å². The van der Waals surface area contributed by atoms with Gasteiger partial charge in [0.15, 0.2) is 0 Å². The molecule has 0 aromatic carbocycles. The molecule has 0 aliphatic heterocycles. The number of rotatable bonds is 11. The molecule has 5 nitrogen and oxygen atoms in total. The fraction of sp³-hybridized carbons (Fsp3) is 0.833. The minimum Gasteiger partial charge on any atom is -0.384 e. The molecule has 0 atom stereocenters. The van der Waals surface area contributed by atoms with Crippen molar-refractivity contribution in [2.24, 2.45) is 5.73 Å². The Morgan fingerprint density at radius 3 is 2.35 bits per heavy atom. The van der Waals surface area contributed by atoms with Gasteiger partial charge >= 0.3 is 0 Å². The summed E-state index contributed by atoms with van der Waals surface area (Å²) >= 11 is 0. The van der Waals surface area contributed by atoms with Gasteiger partial charge in [0.05, 0.1) is 6.61 Å². The number of primary amides is 1. The molecule has 0 saturated heterocycles. The van der Waals surface area contributed by atoms with Crippen LogP contribution in [0.15, 0.2) is 0 Å². The van der Waals surface area contributed by atoms with Gasteiger partial charge < -0.3 is 15.8 Å². The Bertz CT molecular complexity index is 220. The first kappa shape index (κ1) is 15.9. The van der Waals surface area contributed by atoms with Gasteiger partial charge in [0.1, 0.15) is 0 Å². The van der Waals surface area contributed by atoms with Crippen molar-refractivity contribution in [1.29, 1.82) is 0 Å². The molecular formula is C12H24N2O3. The first-order valence-electron chi connectivity index (χ1n) is 6.20. The Morgan fingerprint density at radius 1 is 1.06 bits per heavy atom. The number of hydrogen-bond acceptors (Lipinski definition) is 3. The molecule has 0 aliphatic carbocycles. The molecule has 0 aromatic heterocycles. The third-order valence-electron chi connectivity index (χ3n) is 2.46. The van der Waals surface area contributed by atoms with Crippen LogP contribution in [0.3, 0.4) is 0 Å². The molecule has 0 unspecified atom stereocenters. The van der Waals surface area contributed by atoms with Gasteiger partial charge in [0.25, 0.3) is 0 Å². The average Bonchev–Trinajstić information content (AvgIpc) is 2.29. The highest BCUT2D eigenvalue weighted by atomic mass is 16.5. The Hall–Kier alpha value is -1.10. The SMILES string of the molecule is COCCC(=O)NCCCCCCCC(N)=O. The number of methoxy groups -OCH3 is 1. The molecule has 0 aromatic rings. The van der Waals surface area contributed by atoms with E-state index in [2.05, 4.69) is 5.32 Å². The van der Waals surface area contributed by atoms with E-state index >= 15 is 0 Å². The Labute approximate surface area is 103 Å². The predicted octanol–water partition coefficient (Wildman–Crippen LogP) is 0.965. The van der Waals surface area contributed by atoms with Crippen molar-refractivity contribution in [3.63, 3.8) is 0 Å². The van der Waals surface area contributed by atoms with E-state index in [1.807, 2.05) is 0 Å². The van der Waals surface area contributed by atoms with Crippen LogP contribution in [0.1, 0.15) is 44.9 Å². The summed E-state index contributed by atoms with van der Waals surface area (Å²) in [7, 11) is 1.58. The largest absolute Gasteiger partial charge is 0.384 e. The van der Waals surface area contributed by atoms with Crippen LogP contribution in [0.4, 0.5) is 0 Å². The van der Waals surface area contributed by atoms with Crippen molar-refractivity contribution in [2.75, 3.05) is 20.3 Å². The summed E-state index contributed by atoms with van der Waals surface area (Å²) in [5, 5.41) is 2.83. The van der Waals surface area contributed by atoms with Gasteiger partial charge in [0, 0.05) is 26.5 Å². The summed E-state index contributed by atoms with van der Waals surface area (Å²) in [4.78, 5) is 21.6. The highest BCUT2D eigenvalue weighted by Gasteiger charge is 1.99. The predicted molar refractivity (Wildman–Crippen MR) is 66.4 cm³/mol. The molecule has 2 amide bonds. The van der Waals surface area contributed by atoms with Crippen LogP contribution < -0.4 is 11.1 Å². The number of unbranched alkanes of at least 4 members (excludes halogenated alkanes) is 4. The Morgan fingerprint density at radius 2 is 1.71 bits per heavy atom. The second-order valence-corrected chi connectivity index (χ2v) is 4.08. The van der Waals surface area contributed by atoms with Crippen LogP contribution in [0.2, 0.25) is 0 Å².